The van der Waals surface area contributed by atoms with Crippen molar-refractivity contribution in [2.45, 2.75) is 71.3 Å². The number of carbonyl (C=O) groups is 1. The summed E-state index contributed by atoms with van der Waals surface area (Å²) in [6.45, 7) is 4.62. The monoisotopic (exact) mass is 290 g/mol. The SMILES string of the molecule is [3H]C1C[C@@]2(C)C(=CC1=O)CC[C@H]1[C@@H]3CC[C@H](O)[C@@]3(C)CC[C@@H]12. The number of allylic oxidation sites excluding steroid dienone is 1. The summed E-state index contributed by atoms with van der Waals surface area (Å²) in [5, 5.41) is 10.5. The highest BCUT2D eigenvalue weighted by Crippen LogP contribution is 2.65. The van der Waals surface area contributed by atoms with Crippen LogP contribution < -0.4 is 0 Å². The number of fused-ring (bicyclic) bond motifs is 5. The van der Waals surface area contributed by atoms with Crippen LogP contribution in [0.4, 0.5) is 0 Å². The third-order valence-corrected chi connectivity index (χ3v) is 7.73. The molecule has 0 aromatic rings. The van der Waals surface area contributed by atoms with E-state index in [-0.39, 0.29) is 22.7 Å². The average Bonchev–Trinajstić information content (AvgIpc) is 2.77. The first kappa shape index (κ1) is 12.9. The molecular formula is C19H28O2. The van der Waals surface area contributed by atoms with Gasteiger partial charge in [-0.2, -0.15) is 0 Å². The second-order valence-electron chi connectivity index (χ2n) is 8.45. The van der Waals surface area contributed by atoms with E-state index in [1.54, 1.807) is 0 Å². The van der Waals surface area contributed by atoms with Gasteiger partial charge in [0.15, 0.2) is 5.78 Å². The second kappa shape index (κ2) is 4.44. The van der Waals surface area contributed by atoms with Gasteiger partial charge in [-0.15, -0.1) is 0 Å². The molecule has 0 saturated heterocycles. The van der Waals surface area contributed by atoms with Crippen molar-refractivity contribution in [2.75, 3.05) is 0 Å². The Labute approximate surface area is 129 Å². The standard InChI is InChI=1S/C19H28O2/c1-18-9-7-13(20)11-12(18)3-4-14-15-5-6-17(21)19(15,2)10-8-16(14)18/h11,14-17,21H,3-10H2,1-2H3/t14-,15-,16-,17-,18-,19-/m0/s1/i7T/t7?,14-,15-,16-,17-,18-,19-. The summed E-state index contributed by atoms with van der Waals surface area (Å²) in [6.07, 6.45) is 8.44. The van der Waals surface area contributed by atoms with E-state index in [1.807, 2.05) is 6.08 Å². The number of hydrogen-bond acceptors (Lipinski definition) is 2. The molecule has 1 unspecified atom stereocenters. The molecule has 2 nitrogen and oxygen atoms in total. The van der Waals surface area contributed by atoms with Gasteiger partial charge >= 0.3 is 0 Å². The van der Waals surface area contributed by atoms with Gasteiger partial charge in [0.25, 0.3) is 0 Å². The molecule has 116 valence electrons. The Morgan fingerprint density at radius 3 is 2.81 bits per heavy atom. The zero-order chi connectivity index (χ0) is 15.7. The van der Waals surface area contributed by atoms with Crippen molar-refractivity contribution in [3.63, 3.8) is 0 Å². The Morgan fingerprint density at radius 2 is 2.00 bits per heavy atom. The van der Waals surface area contributed by atoms with Gasteiger partial charge in [-0.1, -0.05) is 19.4 Å². The highest BCUT2D eigenvalue weighted by molar-refractivity contribution is 5.91. The van der Waals surface area contributed by atoms with Crippen molar-refractivity contribution in [2.24, 2.45) is 28.6 Å². The molecular weight excluding hydrogens is 260 g/mol. The van der Waals surface area contributed by atoms with Crippen LogP contribution in [0, 0.1) is 28.6 Å². The molecule has 0 aromatic carbocycles. The molecule has 7 atom stereocenters. The molecule has 0 amide bonds. The fraction of sp³-hybridized carbons (Fsp3) is 0.842. The maximum Gasteiger partial charge on any atom is 0.155 e. The van der Waals surface area contributed by atoms with Crippen LogP contribution in [0.5, 0.6) is 0 Å². The van der Waals surface area contributed by atoms with Gasteiger partial charge < -0.3 is 5.11 Å². The quantitative estimate of drug-likeness (QED) is 0.735. The summed E-state index contributed by atoms with van der Waals surface area (Å²) in [7, 11) is 0. The lowest BCUT2D eigenvalue weighted by atomic mass is 9.47. The van der Waals surface area contributed by atoms with Crippen LogP contribution in [0.3, 0.4) is 0 Å². The smallest absolute Gasteiger partial charge is 0.155 e. The fourth-order valence-electron chi connectivity index (χ4n) is 6.36. The van der Waals surface area contributed by atoms with Gasteiger partial charge in [0.1, 0.15) is 0 Å². The summed E-state index contributed by atoms with van der Waals surface area (Å²) >= 11 is 0. The lowest BCUT2D eigenvalue weighted by molar-refractivity contribution is -0.118. The Bertz CT molecular complexity index is 542. The van der Waals surface area contributed by atoms with Crippen LogP contribution in [-0.4, -0.2) is 17.0 Å². The molecule has 21 heavy (non-hydrogen) atoms. The minimum absolute atomic E-state index is 0.0165. The van der Waals surface area contributed by atoms with Gasteiger partial charge in [0.2, 0.25) is 0 Å². The van der Waals surface area contributed by atoms with Crippen molar-refractivity contribution in [3.8, 4) is 0 Å². The summed E-state index contributed by atoms with van der Waals surface area (Å²) in [5.41, 5.74) is 1.49. The highest BCUT2D eigenvalue weighted by Gasteiger charge is 2.58. The lowest BCUT2D eigenvalue weighted by Gasteiger charge is -2.57. The third kappa shape index (κ3) is 1.78. The first-order valence-electron chi connectivity index (χ1n) is 9.29. The van der Waals surface area contributed by atoms with E-state index in [0.717, 1.165) is 32.1 Å². The van der Waals surface area contributed by atoms with Gasteiger partial charge in [-0.25, -0.2) is 0 Å². The first-order valence-corrected chi connectivity index (χ1v) is 8.71. The zero-order valence-electron chi connectivity index (χ0n) is 14.3. The van der Waals surface area contributed by atoms with E-state index < -0.39 is 6.40 Å². The Morgan fingerprint density at radius 1 is 1.19 bits per heavy atom. The largest absolute Gasteiger partial charge is 0.393 e. The topological polar surface area (TPSA) is 37.3 Å². The van der Waals surface area contributed by atoms with Gasteiger partial charge in [0, 0.05) is 7.77 Å². The molecule has 4 aliphatic carbocycles. The van der Waals surface area contributed by atoms with Crippen molar-refractivity contribution in [1.29, 1.82) is 0 Å². The molecule has 1 N–H and O–H groups in total. The molecule has 2 heteroatoms. The fourth-order valence-corrected chi connectivity index (χ4v) is 6.36. The molecule has 0 aliphatic heterocycles. The number of hydrogen-bond donors (Lipinski definition) is 1. The van der Waals surface area contributed by atoms with E-state index in [0.29, 0.717) is 24.2 Å². The summed E-state index contributed by atoms with van der Waals surface area (Å²) < 4.78 is 8.12. The Hall–Kier alpha value is -0.630. The van der Waals surface area contributed by atoms with Gasteiger partial charge in [0.05, 0.1) is 6.10 Å². The molecule has 0 spiro atoms. The van der Waals surface area contributed by atoms with Gasteiger partial charge in [-0.05, 0) is 79.6 Å². The van der Waals surface area contributed by atoms with E-state index in [2.05, 4.69) is 13.8 Å². The molecule has 3 fully saturated rings. The van der Waals surface area contributed by atoms with Crippen LogP contribution in [0.2, 0.25) is 0 Å². The maximum absolute atomic E-state index is 11.9. The second-order valence-corrected chi connectivity index (χ2v) is 8.45. The molecule has 0 heterocycles. The predicted molar refractivity (Wildman–Crippen MR) is 82.7 cm³/mol. The molecule has 0 bridgehead atoms. The average molecular weight is 290 g/mol. The Balaban J connectivity index is 1.70. The van der Waals surface area contributed by atoms with E-state index in [9.17, 15) is 9.90 Å². The lowest BCUT2D eigenvalue weighted by Crippen LogP contribution is -2.51. The van der Waals surface area contributed by atoms with Crippen molar-refractivity contribution in [3.05, 3.63) is 11.6 Å². The summed E-state index contributed by atoms with van der Waals surface area (Å²) in [6, 6.07) is 0. The minimum atomic E-state index is -0.560. The zero-order valence-corrected chi connectivity index (χ0v) is 13.3. The van der Waals surface area contributed by atoms with Crippen molar-refractivity contribution < 1.29 is 11.3 Å². The molecule has 4 rings (SSSR count). The summed E-state index contributed by atoms with van der Waals surface area (Å²) in [5.74, 6) is 1.94. The molecule has 0 aromatic heterocycles. The predicted octanol–water partition coefficient (Wildman–Crippen LogP) is 3.88. The molecule has 3 saturated carbocycles. The maximum atomic E-state index is 11.9. The minimum Gasteiger partial charge on any atom is -0.393 e. The van der Waals surface area contributed by atoms with Crippen molar-refractivity contribution in [1.82, 2.24) is 0 Å². The molecule has 4 aliphatic rings. The number of aliphatic hydroxyl groups excluding tert-OH is 1. The van der Waals surface area contributed by atoms with E-state index in [4.69, 9.17) is 1.37 Å². The number of carbonyl (C=O) groups excluding carboxylic acids is 1. The Kier molecular flexibility index (Phi) is 2.72. The van der Waals surface area contributed by atoms with Crippen LogP contribution in [0.15, 0.2) is 11.6 Å². The molecule has 0 radical (unpaired) electrons. The number of rotatable bonds is 0. The van der Waals surface area contributed by atoms with Crippen LogP contribution in [0.1, 0.15) is 66.6 Å². The summed E-state index contributed by atoms with van der Waals surface area (Å²) in [4.78, 5) is 11.9. The first-order chi connectivity index (χ1) is 10.4. The normalized spacial score (nSPS) is 56.9. The van der Waals surface area contributed by atoms with E-state index >= 15 is 0 Å². The van der Waals surface area contributed by atoms with Crippen molar-refractivity contribution >= 4 is 5.78 Å². The number of aliphatic hydroxyl groups is 1. The van der Waals surface area contributed by atoms with Crippen LogP contribution in [0.25, 0.3) is 0 Å². The number of ketones is 1. The van der Waals surface area contributed by atoms with Gasteiger partial charge in [-0.3, -0.25) is 4.79 Å². The van der Waals surface area contributed by atoms with Crippen LogP contribution in [-0.2, 0) is 4.79 Å². The highest BCUT2D eigenvalue weighted by atomic mass is 16.3. The van der Waals surface area contributed by atoms with E-state index in [1.165, 1.54) is 12.0 Å². The van der Waals surface area contributed by atoms with Crippen LogP contribution >= 0.6 is 0 Å². The third-order valence-electron chi connectivity index (χ3n) is 7.73.